The molecule has 4 nitrogen and oxygen atoms in total. The molecule has 0 bridgehead atoms. The van der Waals surface area contributed by atoms with E-state index in [4.69, 9.17) is 11.6 Å². The van der Waals surface area contributed by atoms with Crippen LogP contribution in [0.5, 0.6) is 0 Å². The molecule has 0 saturated heterocycles. The fourth-order valence-corrected chi connectivity index (χ4v) is 3.41. The zero-order valence-electron chi connectivity index (χ0n) is 14.5. The second-order valence-electron chi connectivity index (χ2n) is 5.77. The Morgan fingerprint density at radius 2 is 1.83 bits per heavy atom. The third-order valence-corrected chi connectivity index (χ3v) is 5.19. The maximum atomic E-state index is 13.3. The first kappa shape index (κ1) is 21.6. The van der Waals surface area contributed by atoms with Crippen molar-refractivity contribution in [1.82, 2.24) is 9.97 Å². The molecule has 1 aromatic heterocycles. The first-order chi connectivity index (χ1) is 13.7. The van der Waals surface area contributed by atoms with Gasteiger partial charge in [-0.15, -0.1) is 0 Å². The van der Waals surface area contributed by atoms with E-state index in [1.165, 1.54) is 0 Å². The van der Waals surface area contributed by atoms with Crippen LogP contribution < -0.4 is 5.32 Å². The summed E-state index contributed by atoms with van der Waals surface area (Å²) in [5.74, 6) is -0.573. The summed E-state index contributed by atoms with van der Waals surface area (Å²) in [5.41, 5.74) is 0.0516. The van der Waals surface area contributed by atoms with Gasteiger partial charge in [-0.25, -0.2) is 9.97 Å². The summed E-state index contributed by atoms with van der Waals surface area (Å²) < 4.78 is 40.5. The van der Waals surface area contributed by atoms with Crippen molar-refractivity contribution in [2.45, 2.75) is 11.3 Å². The van der Waals surface area contributed by atoms with Crippen molar-refractivity contribution in [2.75, 3.05) is 11.1 Å². The molecule has 0 radical (unpaired) electrons. The Morgan fingerprint density at radius 1 is 1.10 bits per heavy atom. The Labute approximate surface area is 182 Å². The summed E-state index contributed by atoms with van der Waals surface area (Å²) in [6, 6.07) is 14.1. The normalized spacial score (nSPS) is 11.3. The lowest BCUT2D eigenvalue weighted by Gasteiger charge is -2.11. The Balaban J connectivity index is 1.79. The Kier molecular flexibility index (Phi) is 6.81. The number of amides is 1. The van der Waals surface area contributed by atoms with Gasteiger partial charge in [0.15, 0.2) is 5.16 Å². The fourth-order valence-electron chi connectivity index (χ4n) is 2.30. The van der Waals surface area contributed by atoms with Gasteiger partial charge in [0.25, 0.3) is 0 Å². The number of thioether (sulfide) groups is 1. The average Bonchev–Trinajstić information content (AvgIpc) is 2.66. The molecule has 150 valence electrons. The number of anilines is 1. The molecule has 0 spiro atoms. The molecule has 10 heteroatoms. The maximum Gasteiger partial charge on any atom is 0.433 e. The zero-order valence-corrected chi connectivity index (χ0v) is 17.7. The summed E-state index contributed by atoms with van der Waals surface area (Å²) in [4.78, 5) is 19.8. The standard InChI is InChI=1S/C19H12BrClF3N3OS/c20-12-6-4-11(5-7-12)15-9-16(19(22,23)24)27-18(26-15)29-10-17(28)25-14-3-1-2-13(21)8-14/h1-9H,10H2,(H,25,28). The summed E-state index contributed by atoms with van der Waals surface area (Å²) in [6.07, 6.45) is -4.63. The van der Waals surface area contributed by atoms with E-state index in [1.807, 2.05) is 0 Å². The highest BCUT2D eigenvalue weighted by molar-refractivity contribution is 9.10. The van der Waals surface area contributed by atoms with Crippen molar-refractivity contribution < 1.29 is 18.0 Å². The van der Waals surface area contributed by atoms with Crippen molar-refractivity contribution in [3.63, 3.8) is 0 Å². The molecule has 0 aliphatic heterocycles. The molecule has 1 N–H and O–H groups in total. The molecule has 1 heterocycles. The minimum atomic E-state index is -4.63. The minimum Gasteiger partial charge on any atom is -0.325 e. The molecule has 0 fully saturated rings. The smallest absolute Gasteiger partial charge is 0.325 e. The van der Waals surface area contributed by atoms with Crippen molar-refractivity contribution in [3.8, 4) is 11.3 Å². The number of benzene rings is 2. The van der Waals surface area contributed by atoms with Crippen LogP contribution in [-0.2, 0) is 11.0 Å². The van der Waals surface area contributed by atoms with Crippen LogP contribution in [0.1, 0.15) is 5.69 Å². The van der Waals surface area contributed by atoms with Gasteiger partial charge >= 0.3 is 6.18 Å². The van der Waals surface area contributed by atoms with Crippen molar-refractivity contribution in [2.24, 2.45) is 0 Å². The van der Waals surface area contributed by atoms with Gasteiger partial charge in [-0.2, -0.15) is 13.2 Å². The molecular weight excluding hydrogens is 491 g/mol. The summed E-state index contributed by atoms with van der Waals surface area (Å²) in [6.45, 7) is 0. The number of hydrogen-bond acceptors (Lipinski definition) is 4. The van der Waals surface area contributed by atoms with Crippen LogP contribution in [0.15, 0.2) is 64.2 Å². The van der Waals surface area contributed by atoms with Crippen LogP contribution in [0.2, 0.25) is 5.02 Å². The van der Waals surface area contributed by atoms with Crippen molar-refractivity contribution in [3.05, 3.63) is 69.8 Å². The van der Waals surface area contributed by atoms with Crippen LogP contribution in [0, 0.1) is 0 Å². The second kappa shape index (κ2) is 9.15. The lowest BCUT2D eigenvalue weighted by atomic mass is 10.1. The van der Waals surface area contributed by atoms with Gasteiger partial charge in [0.2, 0.25) is 5.91 Å². The van der Waals surface area contributed by atoms with E-state index >= 15 is 0 Å². The molecule has 0 atom stereocenters. The monoisotopic (exact) mass is 501 g/mol. The van der Waals surface area contributed by atoms with Gasteiger partial charge in [0.05, 0.1) is 11.4 Å². The Morgan fingerprint density at radius 3 is 2.48 bits per heavy atom. The van der Waals surface area contributed by atoms with E-state index < -0.39 is 17.8 Å². The van der Waals surface area contributed by atoms with E-state index in [9.17, 15) is 18.0 Å². The van der Waals surface area contributed by atoms with Crippen LogP contribution >= 0.6 is 39.3 Å². The zero-order chi connectivity index (χ0) is 21.0. The quantitative estimate of drug-likeness (QED) is 0.328. The molecule has 0 aliphatic carbocycles. The number of nitrogens with zero attached hydrogens (tertiary/aromatic N) is 2. The van der Waals surface area contributed by atoms with Gasteiger partial charge in [-0.05, 0) is 36.4 Å². The van der Waals surface area contributed by atoms with Crippen LogP contribution in [0.25, 0.3) is 11.3 Å². The first-order valence-electron chi connectivity index (χ1n) is 8.11. The number of alkyl halides is 3. The second-order valence-corrected chi connectivity index (χ2v) is 8.07. The van der Waals surface area contributed by atoms with Crippen LogP contribution in [-0.4, -0.2) is 21.6 Å². The largest absolute Gasteiger partial charge is 0.433 e. The molecule has 1 amide bonds. The van der Waals surface area contributed by atoms with Gasteiger partial charge < -0.3 is 5.32 Å². The third kappa shape index (κ3) is 6.19. The lowest BCUT2D eigenvalue weighted by Crippen LogP contribution is -2.15. The summed E-state index contributed by atoms with van der Waals surface area (Å²) >= 11 is 9.96. The highest BCUT2D eigenvalue weighted by Gasteiger charge is 2.34. The SMILES string of the molecule is O=C(CSc1nc(-c2ccc(Br)cc2)cc(C(F)(F)F)n1)Nc1cccc(Cl)c1. The number of carbonyl (C=O) groups is 1. The van der Waals surface area contributed by atoms with Crippen LogP contribution in [0.3, 0.4) is 0 Å². The average molecular weight is 503 g/mol. The topological polar surface area (TPSA) is 54.9 Å². The highest BCUT2D eigenvalue weighted by Crippen LogP contribution is 2.32. The molecule has 0 aliphatic rings. The van der Waals surface area contributed by atoms with Crippen molar-refractivity contribution in [1.29, 1.82) is 0 Å². The lowest BCUT2D eigenvalue weighted by molar-refractivity contribution is -0.141. The fraction of sp³-hybridized carbons (Fsp3) is 0.105. The van der Waals surface area contributed by atoms with Crippen molar-refractivity contribution >= 4 is 50.9 Å². The van der Waals surface area contributed by atoms with E-state index in [1.54, 1.807) is 48.5 Å². The number of carbonyl (C=O) groups excluding carboxylic acids is 1. The summed E-state index contributed by atoms with van der Waals surface area (Å²) in [5, 5.41) is 2.94. The summed E-state index contributed by atoms with van der Waals surface area (Å²) in [7, 11) is 0. The Hall–Kier alpha value is -2.10. The number of halogens is 5. The molecule has 0 unspecified atom stereocenters. The molecule has 3 rings (SSSR count). The van der Waals surface area contributed by atoms with E-state index in [0.29, 0.717) is 16.3 Å². The Bertz CT molecular complexity index is 1030. The first-order valence-corrected chi connectivity index (χ1v) is 10.3. The van der Waals surface area contributed by atoms with E-state index in [-0.39, 0.29) is 16.6 Å². The molecule has 3 aromatic rings. The molecular formula is C19H12BrClF3N3OS. The minimum absolute atomic E-state index is 0.123. The van der Waals surface area contributed by atoms with Gasteiger partial charge in [-0.3, -0.25) is 4.79 Å². The number of hydrogen-bond donors (Lipinski definition) is 1. The van der Waals surface area contributed by atoms with Gasteiger partial charge in [0.1, 0.15) is 5.69 Å². The van der Waals surface area contributed by atoms with Crippen LogP contribution in [0.4, 0.5) is 18.9 Å². The third-order valence-electron chi connectivity index (χ3n) is 3.58. The predicted octanol–water partition coefficient (Wildman–Crippen LogP) is 6.31. The van der Waals surface area contributed by atoms with E-state index in [0.717, 1.165) is 22.3 Å². The molecule has 2 aromatic carbocycles. The number of nitrogens with one attached hydrogen (secondary N) is 1. The number of rotatable bonds is 5. The van der Waals surface area contributed by atoms with Gasteiger partial charge in [0, 0.05) is 20.7 Å². The predicted molar refractivity (Wildman–Crippen MR) is 111 cm³/mol. The molecule has 0 saturated carbocycles. The number of aromatic nitrogens is 2. The maximum absolute atomic E-state index is 13.3. The molecule has 29 heavy (non-hydrogen) atoms. The van der Waals surface area contributed by atoms with E-state index in [2.05, 4.69) is 31.2 Å². The van der Waals surface area contributed by atoms with Gasteiger partial charge in [-0.1, -0.05) is 57.5 Å². The highest BCUT2D eigenvalue weighted by atomic mass is 79.9.